The summed E-state index contributed by atoms with van der Waals surface area (Å²) in [4.78, 5) is 15.4. The van der Waals surface area contributed by atoms with Crippen molar-refractivity contribution in [3.8, 4) is 0 Å². The van der Waals surface area contributed by atoms with Gasteiger partial charge in [-0.25, -0.2) is 15.0 Å². The van der Waals surface area contributed by atoms with Gasteiger partial charge in [0.1, 0.15) is 17.0 Å². The second-order valence-corrected chi connectivity index (χ2v) is 8.76. The summed E-state index contributed by atoms with van der Waals surface area (Å²) >= 11 is 1.76. The van der Waals surface area contributed by atoms with Gasteiger partial charge in [0.2, 0.25) is 0 Å². The molecule has 1 aliphatic carbocycles. The number of nitrogens with one attached hydrogen (secondary N) is 1. The highest BCUT2D eigenvalue weighted by molar-refractivity contribution is 7.26. The average molecular weight is 369 g/mol. The molecule has 0 fully saturated rings. The summed E-state index contributed by atoms with van der Waals surface area (Å²) in [5, 5.41) is 4.83. The van der Waals surface area contributed by atoms with E-state index in [0.29, 0.717) is 5.92 Å². The molecule has 5 heteroatoms. The fraction of sp³-hybridized carbons (Fsp3) is 0.571. The molecule has 0 bridgehead atoms. The number of thiophene rings is 1. The molecule has 0 atom stereocenters. The maximum atomic E-state index is 5.09. The van der Waals surface area contributed by atoms with Crippen LogP contribution in [0.2, 0.25) is 0 Å². The third-order valence-electron chi connectivity index (χ3n) is 5.34. The molecule has 0 spiro atoms. The first-order valence-corrected chi connectivity index (χ1v) is 10.8. The first kappa shape index (κ1) is 17.7. The van der Waals surface area contributed by atoms with Gasteiger partial charge in [-0.3, -0.25) is 0 Å². The maximum Gasteiger partial charge on any atom is 0.147 e. The Morgan fingerprint density at radius 3 is 2.85 bits per heavy atom. The van der Waals surface area contributed by atoms with Crippen LogP contribution >= 0.6 is 11.3 Å². The molecule has 26 heavy (non-hydrogen) atoms. The monoisotopic (exact) mass is 368 g/mol. The highest BCUT2D eigenvalue weighted by Crippen LogP contribution is 2.41. The Labute approximate surface area is 159 Å². The summed E-state index contributed by atoms with van der Waals surface area (Å²) in [6.07, 6.45) is 9.99. The summed E-state index contributed by atoms with van der Waals surface area (Å²) in [6, 6.07) is 0. The van der Waals surface area contributed by atoms with E-state index in [9.17, 15) is 0 Å². The van der Waals surface area contributed by atoms with E-state index in [2.05, 4.69) is 36.1 Å². The lowest BCUT2D eigenvalue weighted by Crippen LogP contribution is -2.06. The Balaban J connectivity index is 1.81. The molecule has 0 unspecified atom stereocenters. The summed E-state index contributed by atoms with van der Waals surface area (Å²) in [5.41, 5.74) is 5.46. The minimum atomic E-state index is 0.688. The zero-order valence-electron chi connectivity index (χ0n) is 16.1. The van der Waals surface area contributed by atoms with Gasteiger partial charge in [0.05, 0.1) is 10.2 Å². The van der Waals surface area contributed by atoms with Gasteiger partial charge in [-0.1, -0.05) is 27.2 Å². The number of aryl methyl sites for hydroxylation is 2. The minimum Gasteiger partial charge on any atom is -0.369 e. The van der Waals surface area contributed by atoms with Crippen molar-refractivity contribution in [1.29, 1.82) is 0 Å². The molecular formula is C21H28N4S. The standard InChI is InChI=1S/C21H28N4S/c1-4-5-9-16-14-7-6-8-15(14)17-18-19(26-21(17)25-16)20(24-12-23-18)22-11-10-13(2)3/h12-13H,4-11H2,1-3H3,(H,22,23,24). The Kier molecular flexibility index (Phi) is 5.07. The minimum absolute atomic E-state index is 0.688. The molecule has 0 aromatic carbocycles. The molecule has 0 radical (unpaired) electrons. The number of fused-ring (bicyclic) bond motifs is 5. The Hall–Kier alpha value is -1.75. The highest BCUT2D eigenvalue weighted by Gasteiger charge is 2.23. The fourth-order valence-electron chi connectivity index (χ4n) is 3.93. The molecule has 138 valence electrons. The molecule has 0 amide bonds. The van der Waals surface area contributed by atoms with Gasteiger partial charge in [0.25, 0.3) is 0 Å². The first-order valence-electron chi connectivity index (χ1n) is 10.0. The topological polar surface area (TPSA) is 50.7 Å². The molecule has 0 aliphatic heterocycles. The van der Waals surface area contributed by atoms with E-state index < -0.39 is 0 Å². The Bertz CT molecular complexity index is 929. The molecule has 3 heterocycles. The summed E-state index contributed by atoms with van der Waals surface area (Å²) in [5.74, 6) is 1.66. The Morgan fingerprint density at radius 1 is 1.19 bits per heavy atom. The molecule has 3 aromatic heterocycles. The normalized spacial score (nSPS) is 13.8. The number of nitrogens with zero attached hydrogens (tertiary/aromatic N) is 3. The number of anilines is 1. The van der Waals surface area contributed by atoms with Crippen LogP contribution in [-0.4, -0.2) is 21.5 Å². The van der Waals surface area contributed by atoms with Crippen LogP contribution in [0, 0.1) is 5.92 Å². The van der Waals surface area contributed by atoms with Crippen LogP contribution < -0.4 is 5.32 Å². The van der Waals surface area contributed by atoms with E-state index in [0.717, 1.165) is 35.6 Å². The summed E-state index contributed by atoms with van der Waals surface area (Å²) < 4.78 is 1.17. The largest absolute Gasteiger partial charge is 0.369 e. The quantitative estimate of drug-likeness (QED) is 0.596. The smallest absolute Gasteiger partial charge is 0.147 e. The van der Waals surface area contributed by atoms with Crippen molar-refractivity contribution >= 4 is 37.6 Å². The van der Waals surface area contributed by atoms with Crippen LogP contribution in [0.1, 0.15) is 63.3 Å². The van der Waals surface area contributed by atoms with Gasteiger partial charge >= 0.3 is 0 Å². The van der Waals surface area contributed by atoms with Crippen LogP contribution in [0.25, 0.3) is 20.4 Å². The van der Waals surface area contributed by atoms with E-state index in [1.807, 2.05) is 0 Å². The van der Waals surface area contributed by atoms with Crippen molar-refractivity contribution in [2.24, 2.45) is 5.92 Å². The zero-order chi connectivity index (χ0) is 18.1. The van der Waals surface area contributed by atoms with Crippen LogP contribution in [0.4, 0.5) is 5.82 Å². The van der Waals surface area contributed by atoms with Gasteiger partial charge in [0.15, 0.2) is 0 Å². The van der Waals surface area contributed by atoms with E-state index in [1.54, 1.807) is 17.7 Å². The van der Waals surface area contributed by atoms with Gasteiger partial charge in [-0.2, -0.15) is 0 Å². The average Bonchev–Trinajstić information content (AvgIpc) is 3.23. The summed E-state index contributed by atoms with van der Waals surface area (Å²) in [6.45, 7) is 7.71. The fourth-order valence-corrected chi connectivity index (χ4v) is 5.08. The van der Waals surface area contributed by atoms with Gasteiger partial charge in [-0.05, 0) is 55.6 Å². The number of rotatable bonds is 7. The van der Waals surface area contributed by atoms with Gasteiger partial charge in [-0.15, -0.1) is 11.3 Å². The van der Waals surface area contributed by atoms with Crippen molar-refractivity contribution in [2.45, 2.75) is 65.7 Å². The van der Waals surface area contributed by atoms with Crippen molar-refractivity contribution in [1.82, 2.24) is 15.0 Å². The van der Waals surface area contributed by atoms with E-state index in [1.165, 1.54) is 59.0 Å². The van der Waals surface area contributed by atoms with Gasteiger partial charge in [0, 0.05) is 17.6 Å². The second-order valence-electron chi connectivity index (χ2n) is 7.76. The first-order chi connectivity index (χ1) is 12.7. The van der Waals surface area contributed by atoms with Crippen molar-refractivity contribution in [2.75, 3.05) is 11.9 Å². The van der Waals surface area contributed by atoms with Crippen molar-refractivity contribution < 1.29 is 0 Å². The number of pyridine rings is 1. The number of hydrogen-bond acceptors (Lipinski definition) is 5. The van der Waals surface area contributed by atoms with E-state index in [-0.39, 0.29) is 0 Å². The van der Waals surface area contributed by atoms with Gasteiger partial charge < -0.3 is 5.32 Å². The number of unbranched alkanes of at least 4 members (excludes halogenated alkanes) is 1. The number of hydrogen-bond donors (Lipinski definition) is 1. The highest BCUT2D eigenvalue weighted by atomic mass is 32.1. The zero-order valence-corrected chi connectivity index (χ0v) is 16.9. The predicted octanol–water partition coefficient (Wildman–Crippen LogP) is 5.53. The second kappa shape index (κ2) is 7.47. The molecule has 1 N–H and O–H groups in total. The lowest BCUT2D eigenvalue weighted by molar-refractivity contribution is 0.607. The molecule has 4 rings (SSSR count). The lowest BCUT2D eigenvalue weighted by atomic mass is 10.0. The van der Waals surface area contributed by atoms with Crippen LogP contribution in [0.3, 0.4) is 0 Å². The Morgan fingerprint density at radius 2 is 2.04 bits per heavy atom. The van der Waals surface area contributed by atoms with Crippen LogP contribution in [-0.2, 0) is 19.3 Å². The molecule has 0 saturated heterocycles. The molecule has 1 aliphatic rings. The number of aromatic nitrogens is 3. The predicted molar refractivity (Wildman–Crippen MR) is 111 cm³/mol. The SMILES string of the molecule is CCCCc1nc2sc3c(NCCC(C)C)ncnc3c2c2c1CCC2. The molecule has 3 aromatic rings. The molecule has 4 nitrogen and oxygen atoms in total. The summed E-state index contributed by atoms with van der Waals surface area (Å²) in [7, 11) is 0. The van der Waals surface area contributed by atoms with E-state index in [4.69, 9.17) is 4.98 Å². The van der Waals surface area contributed by atoms with Crippen molar-refractivity contribution in [3.63, 3.8) is 0 Å². The lowest BCUT2D eigenvalue weighted by Gasteiger charge is -2.09. The third-order valence-corrected chi connectivity index (χ3v) is 6.42. The van der Waals surface area contributed by atoms with E-state index >= 15 is 0 Å². The van der Waals surface area contributed by atoms with Crippen molar-refractivity contribution in [3.05, 3.63) is 23.1 Å². The van der Waals surface area contributed by atoms with Crippen LogP contribution in [0.15, 0.2) is 6.33 Å². The maximum absolute atomic E-state index is 5.09. The van der Waals surface area contributed by atoms with Crippen LogP contribution in [0.5, 0.6) is 0 Å². The molecule has 0 saturated carbocycles. The third kappa shape index (κ3) is 3.18. The molecular weight excluding hydrogens is 340 g/mol.